The van der Waals surface area contributed by atoms with E-state index in [2.05, 4.69) is 9.71 Å². The number of hydrogen-bond acceptors (Lipinski definition) is 4. The van der Waals surface area contributed by atoms with Crippen molar-refractivity contribution in [2.45, 2.75) is 31.7 Å². The van der Waals surface area contributed by atoms with Gasteiger partial charge in [0.25, 0.3) is 0 Å². The van der Waals surface area contributed by atoms with Crippen molar-refractivity contribution in [1.29, 1.82) is 0 Å². The Morgan fingerprint density at radius 3 is 2.35 bits per heavy atom. The maximum absolute atomic E-state index is 13.0. The van der Waals surface area contributed by atoms with Gasteiger partial charge in [-0.25, -0.2) is 22.5 Å². The summed E-state index contributed by atoms with van der Waals surface area (Å²) in [7, 11) is -3.57. The molecule has 0 aliphatic heterocycles. The number of hydrogen-bond donors (Lipinski definition) is 1. The molecular formula is C19H19FN2O2S2. The first-order valence-electron chi connectivity index (χ1n) is 8.09. The largest absolute Gasteiger partial charge is 0.245 e. The summed E-state index contributed by atoms with van der Waals surface area (Å²) in [5.74, 6) is -0.263. The normalized spacial score (nSPS) is 11.7. The molecule has 0 atom stereocenters. The first-order valence-corrected chi connectivity index (χ1v) is 10.4. The third kappa shape index (κ3) is 4.55. The molecule has 0 saturated carbocycles. The number of thiazole rings is 1. The molecule has 0 amide bonds. The van der Waals surface area contributed by atoms with Gasteiger partial charge in [0.05, 0.1) is 17.1 Å². The minimum Gasteiger partial charge on any atom is -0.245 e. The fourth-order valence-electron chi connectivity index (χ4n) is 2.47. The van der Waals surface area contributed by atoms with E-state index in [1.807, 2.05) is 13.8 Å². The van der Waals surface area contributed by atoms with Crippen molar-refractivity contribution in [3.63, 3.8) is 0 Å². The zero-order chi connectivity index (χ0) is 18.7. The highest BCUT2D eigenvalue weighted by Crippen LogP contribution is 2.22. The number of nitrogens with one attached hydrogen (secondary N) is 1. The maximum atomic E-state index is 13.0. The minimum atomic E-state index is -3.57. The minimum absolute atomic E-state index is 0.144. The first-order chi connectivity index (χ1) is 12.3. The average Bonchev–Trinajstić information content (AvgIpc) is 2.95. The number of aryl methyl sites for hydroxylation is 2. The summed E-state index contributed by atoms with van der Waals surface area (Å²) in [6.07, 6.45) is 0.647. The summed E-state index contributed by atoms with van der Waals surface area (Å²) in [6.45, 7) is 3.95. The lowest BCUT2D eigenvalue weighted by Gasteiger charge is -2.05. The number of nitrogens with zero attached hydrogens (tertiary/aromatic N) is 1. The quantitative estimate of drug-likeness (QED) is 0.693. The van der Waals surface area contributed by atoms with Crippen LogP contribution in [0.15, 0.2) is 53.4 Å². The molecule has 0 radical (unpaired) electrons. The van der Waals surface area contributed by atoms with Gasteiger partial charge < -0.3 is 0 Å². The van der Waals surface area contributed by atoms with Crippen molar-refractivity contribution < 1.29 is 12.8 Å². The van der Waals surface area contributed by atoms with E-state index in [1.165, 1.54) is 23.5 Å². The van der Waals surface area contributed by atoms with E-state index >= 15 is 0 Å². The van der Waals surface area contributed by atoms with Crippen LogP contribution in [-0.2, 0) is 23.0 Å². The van der Waals surface area contributed by atoms with Gasteiger partial charge in [-0.05, 0) is 43.7 Å². The summed E-state index contributed by atoms with van der Waals surface area (Å²) < 4.78 is 40.3. The molecule has 0 saturated heterocycles. The Labute approximate surface area is 156 Å². The molecule has 4 nitrogen and oxygen atoms in total. The van der Waals surface area contributed by atoms with Gasteiger partial charge in [0, 0.05) is 11.3 Å². The van der Waals surface area contributed by atoms with Crippen LogP contribution in [0.2, 0.25) is 0 Å². The predicted octanol–water partition coefficient (Wildman–Crippen LogP) is 3.97. The van der Waals surface area contributed by atoms with Crippen LogP contribution in [0.4, 0.5) is 4.39 Å². The predicted molar refractivity (Wildman–Crippen MR) is 101 cm³/mol. The smallest absolute Gasteiger partial charge is 0.240 e. The van der Waals surface area contributed by atoms with Crippen molar-refractivity contribution >= 4 is 21.4 Å². The van der Waals surface area contributed by atoms with Crippen molar-refractivity contribution in [3.05, 3.63) is 81.1 Å². The molecular weight excluding hydrogens is 371 g/mol. The summed E-state index contributed by atoms with van der Waals surface area (Å²) in [5, 5.41) is 0.704. The monoisotopic (exact) mass is 390 g/mol. The van der Waals surface area contributed by atoms with Crippen LogP contribution < -0.4 is 4.72 Å². The van der Waals surface area contributed by atoms with Crippen LogP contribution in [-0.4, -0.2) is 13.4 Å². The summed E-state index contributed by atoms with van der Waals surface area (Å²) in [6, 6.07) is 13.1. The highest BCUT2D eigenvalue weighted by atomic mass is 32.2. The van der Waals surface area contributed by atoms with Crippen molar-refractivity contribution in [1.82, 2.24) is 9.71 Å². The molecule has 1 aromatic heterocycles. The molecule has 26 heavy (non-hydrogen) atoms. The van der Waals surface area contributed by atoms with Gasteiger partial charge in [-0.1, -0.05) is 29.8 Å². The molecule has 2 aromatic carbocycles. The van der Waals surface area contributed by atoms with E-state index in [-0.39, 0.29) is 17.3 Å². The second kappa shape index (κ2) is 7.65. The van der Waals surface area contributed by atoms with Crippen molar-refractivity contribution in [2.75, 3.05) is 0 Å². The molecule has 136 valence electrons. The third-order valence-corrected chi connectivity index (χ3v) is 6.53. The lowest BCUT2D eigenvalue weighted by Crippen LogP contribution is -2.23. The Kier molecular flexibility index (Phi) is 5.50. The van der Waals surface area contributed by atoms with Crippen LogP contribution in [0.3, 0.4) is 0 Å². The molecule has 3 rings (SSSR count). The Hall–Kier alpha value is -2.09. The molecule has 1 N–H and O–H groups in total. The molecule has 0 spiro atoms. The summed E-state index contributed by atoms with van der Waals surface area (Å²) in [4.78, 5) is 5.73. The number of halogens is 1. The number of aromatic nitrogens is 1. The van der Waals surface area contributed by atoms with E-state index in [4.69, 9.17) is 0 Å². The average molecular weight is 391 g/mol. The maximum Gasteiger partial charge on any atom is 0.240 e. The van der Waals surface area contributed by atoms with Crippen LogP contribution in [0.25, 0.3) is 0 Å². The van der Waals surface area contributed by atoms with E-state index < -0.39 is 10.0 Å². The highest BCUT2D eigenvalue weighted by molar-refractivity contribution is 7.89. The van der Waals surface area contributed by atoms with Gasteiger partial charge in [0.15, 0.2) is 0 Å². The number of benzene rings is 2. The number of sulfonamides is 1. The first kappa shape index (κ1) is 18.7. The van der Waals surface area contributed by atoms with Crippen LogP contribution in [0.5, 0.6) is 0 Å². The molecule has 0 aliphatic rings. The molecule has 0 aliphatic carbocycles. The fraction of sp³-hybridized carbons (Fsp3) is 0.211. The van der Waals surface area contributed by atoms with E-state index in [1.54, 1.807) is 36.4 Å². The molecule has 7 heteroatoms. The van der Waals surface area contributed by atoms with Gasteiger partial charge in [-0.15, -0.1) is 11.3 Å². The SMILES string of the molecule is Cc1ccc(S(=O)(=O)NCc2nc(C)c(Cc3ccc(F)cc3)s2)cc1. The zero-order valence-corrected chi connectivity index (χ0v) is 16.1. The Balaban J connectivity index is 1.69. The van der Waals surface area contributed by atoms with Crippen LogP contribution >= 0.6 is 11.3 Å². The topological polar surface area (TPSA) is 59.1 Å². The highest BCUT2D eigenvalue weighted by Gasteiger charge is 2.15. The second-order valence-corrected chi connectivity index (χ2v) is 8.99. The molecule has 3 aromatic rings. The van der Waals surface area contributed by atoms with E-state index in [0.717, 1.165) is 21.7 Å². The van der Waals surface area contributed by atoms with Crippen LogP contribution in [0, 0.1) is 19.7 Å². The van der Waals surface area contributed by atoms with Gasteiger partial charge >= 0.3 is 0 Å². The lowest BCUT2D eigenvalue weighted by molar-refractivity contribution is 0.581. The molecule has 1 heterocycles. The molecule has 0 fully saturated rings. The second-order valence-electron chi connectivity index (χ2n) is 6.06. The van der Waals surface area contributed by atoms with Gasteiger partial charge in [-0.2, -0.15) is 0 Å². The van der Waals surface area contributed by atoms with E-state index in [0.29, 0.717) is 11.4 Å². The fourth-order valence-corrected chi connectivity index (χ4v) is 4.60. The number of rotatable bonds is 6. The third-order valence-electron chi connectivity index (χ3n) is 3.96. The zero-order valence-electron chi connectivity index (χ0n) is 14.5. The van der Waals surface area contributed by atoms with Crippen molar-refractivity contribution in [3.8, 4) is 0 Å². The Morgan fingerprint density at radius 1 is 1.04 bits per heavy atom. The molecule has 0 bridgehead atoms. The van der Waals surface area contributed by atoms with Crippen molar-refractivity contribution in [2.24, 2.45) is 0 Å². The summed E-state index contributed by atoms with van der Waals surface area (Å²) >= 11 is 1.47. The van der Waals surface area contributed by atoms with Gasteiger partial charge in [-0.3, -0.25) is 0 Å². The Bertz CT molecular complexity index is 995. The van der Waals surface area contributed by atoms with Gasteiger partial charge in [0.1, 0.15) is 10.8 Å². The Morgan fingerprint density at radius 2 is 1.69 bits per heavy atom. The van der Waals surface area contributed by atoms with Crippen LogP contribution in [0.1, 0.15) is 26.7 Å². The lowest BCUT2D eigenvalue weighted by atomic mass is 10.1. The summed E-state index contributed by atoms with van der Waals surface area (Å²) in [5.41, 5.74) is 2.86. The van der Waals surface area contributed by atoms with E-state index in [9.17, 15) is 12.8 Å². The van der Waals surface area contributed by atoms with Gasteiger partial charge in [0.2, 0.25) is 10.0 Å². The molecule has 0 unspecified atom stereocenters. The standard InChI is InChI=1S/C19H19FN2O2S2/c1-13-3-9-17(10-4-13)26(23,24)21-12-19-22-14(2)18(25-19)11-15-5-7-16(20)8-6-15/h3-10,21H,11-12H2,1-2H3.